The van der Waals surface area contributed by atoms with Gasteiger partial charge >= 0.3 is 5.97 Å². The normalized spacial score (nSPS) is 10.9. The van der Waals surface area contributed by atoms with Crippen LogP contribution in [0.5, 0.6) is 5.75 Å². The van der Waals surface area contributed by atoms with E-state index in [1.807, 2.05) is 40.3 Å². The molecule has 1 aromatic carbocycles. The lowest BCUT2D eigenvalue weighted by atomic mass is 10.3. The number of methoxy groups -OCH3 is 1. The van der Waals surface area contributed by atoms with Gasteiger partial charge < -0.3 is 14.4 Å². The Kier molecular flexibility index (Phi) is 3.62. The Morgan fingerprint density at radius 1 is 1.38 bits per heavy atom. The highest BCUT2D eigenvalue weighted by atomic mass is 32.1. The first-order chi connectivity index (χ1) is 10.2. The first-order valence-corrected chi connectivity index (χ1v) is 7.37. The van der Waals surface area contributed by atoms with E-state index in [-0.39, 0.29) is 6.42 Å². The Bertz CT molecular complexity index is 791. The van der Waals surface area contributed by atoms with Crippen LogP contribution in [0.15, 0.2) is 35.7 Å². The van der Waals surface area contributed by atoms with Gasteiger partial charge in [-0.1, -0.05) is 12.1 Å². The minimum absolute atomic E-state index is 0.0566. The number of carboxylic acid groups (broad SMARTS) is 1. The predicted octanol–water partition coefficient (Wildman–Crippen LogP) is 3.25. The average Bonchev–Trinajstić information content (AvgIpc) is 3.08. The van der Waals surface area contributed by atoms with Gasteiger partial charge in [-0.15, -0.1) is 11.3 Å². The minimum Gasteiger partial charge on any atom is -0.495 e. The maximum Gasteiger partial charge on any atom is 0.305 e. The van der Waals surface area contributed by atoms with Crippen molar-refractivity contribution in [1.29, 1.82) is 0 Å². The van der Waals surface area contributed by atoms with E-state index >= 15 is 0 Å². The monoisotopic (exact) mass is 302 g/mol. The van der Waals surface area contributed by atoms with Gasteiger partial charge in [-0.3, -0.25) is 4.79 Å². The molecular weight excluding hydrogens is 288 g/mol. The number of imidazole rings is 1. The van der Waals surface area contributed by atoms with Gasteiger partial charge in [0.15, 0.2) is 5.82 Å². The van der Waals surface area contributed by atoms with Crippen molar-refractivity contribution in [2.24, 2.45) is 0 Å². The summed E-state index contributed by atoms with van der Waals surface area (Å²) in [4.78, 5) is 16.5. The summed E-state index contributed by atoms with van der Waals surface area (Å²) in [6.45, 7) is 0.381. The summed E-state index contributed by atoms with van der Waals surface area (Å²) in [5.74, 6) is 0.688. The number of ether oxygens (including phenoxy) is 1. The van der Waals surface area contributed by atoms with Crippen molar-refractivity contribution in [3.8, 4) is 16.5 Å². The van der Waals surface area contributed by atoms with Crippen molar-refractivity contribution in [1.82, 2.24) is 9.55 Å². The van der Waals surface area contributed by atoms with Crippen molar-refractivity contribution in [3.63, 3.8) is 0 Å². The Morgan fingerprint density at radius 3 is 2.95 bits per heavy atom. The zero-order valence-corrected chi connectivity index (χ0v) is 12.3. The number of hydrogen-bond donors (Lipinski definition) is 1. The molecule has 0 radical (unpaired) electrons. The molecule has 0 unspecified atom stereocenters. The van der Waals surface area contributed by atoms with Gasteiger partial charge in [-0.05, 0) is 23.6 Å². The number of carbonyl (C=O) groups is 1. The highest BCUT2D eigenvalue weighted by Gasteiger charge is 2.17. The van der Waals surface area contributed by atoms with Gasteiger partial charge in [0, 0.05) is 6.54 Å². The lowest BCUT2D eigenvalue weighted by Gasteiger charge is -2.08. The third-order valence-corrected chi connectivity index (χ3v) is 4.15. The summed E-state index contributed by atoms with van der Waals surface area (Å²) < 4.78 is 7.30. The van der Waals surface area contributed by atoms with Crippen molar-refractivity contribution >= 4 is 28.3 Å². The number of thiophene rings is 1. The van der Waals surface area contributed by atoms with Crippen molar-refractivity contribution in [2.75, 3.05) is 7.11 Å². The molecule has 0 aliphatic heterocycles. The van der Waals surface area contributed by atoms with Crippen LogP contribution in [0.2, 0.25) is 0 Å². The van der Waals surface area contributed by atoms with Crippen LogP contribution >= 0.6 is 11.3 Å². The van der Waals surface area contributed by atoms with E-state index in [9.17, 15) is 4.79 Å². The first kappa shape index (κ1) is 13.6. The molecule has 0 saturated heterocycles. The summed E-state index contributed by atoms with van der Waals surface area (Å²) in [5, 5.41) is 10.9. The van der Waals surface area contributed by atoms with Gasteiger partial charge in [0.1, 0.15) is 10.6 Å². The highest BCUT2D eigenvalue weighted by Crippen LogP contribution is 2.36. The highest BCUT2D eigenvalue weighted by molar-refractivity contribution is 7.13. The average molecular weight is 302 g/mol. The largest absolute Gasteiger partial charge is 0.495 e. The van der Waals surface area contributed by atoms with Crippen LogP contribution in [0.4, 0.5) is 0 Å². The van der Waals surface area contributed by atoms with E-state index in [1.54, 1.807) is 7.11 Å². The zero-order valence-electron chi connectivity index (χ0n) is 11.4. The molecular formula is C15H14N2O3S. The molecule has 0 amide bonds. The smallest absolute Gasteiger partial charge is 0.305 e. The Balaban J connectivity index is 2.16. The van der Waals surface area contributed by atoms with E-state index in [2.05, 4.69) is 4.98 Å². The molecule has 2 heterocycles. The number of nitrogens with zero attached hydrogens (tertiary/aromatic N) is 2. The number of hydrogen-bond acceptors (Lipinski definition) is 4. The lowest BCUT2D eigenvalue weighted by molar-refractivity contribution is -0.137. The minimum atomic E-state index is -0.822. The van der Waals surface area contributed by atoms with Crippen LogP contribution in [0.25, 0.3) is 21.7 Å². The van der Waals surface area contributed by atoms with Crippen molar-refractivity contribution in [3.05, 3.63) is 35.7 Å². The maximum absolute atomic E-state index is 10.9. The number of aromatic nitrogens is 2. The van der Waals surface area contributed by atoms with Crippen LogP contribution < -0.4 is 4.74 Å². The molecule has 0 atom stereocenters. The van der Waals surface area contributed by atoms with Crippen molar-refractivity contribution < 1.29 is 14.6 Å². The quantitative estimate of drug-likeness (QED) is 0.785. The second-order valence-electron chi connectivity index (χ2n) is 4.54. The number of benzene rings is 1. The third-order valence-electron chi connectivity index (χ3n) is 3.26. The van der Waals surface area contributed by atoms with E-state index in [0.717, 1.165) is 27.5 Å². The fourth-order valence-corrected chi connectivity index (χ4v) is 3.16. The number of para-hydroxylation sites is 2. The number of fused-ring (bicyclic) bond motifs is 1. The molecule has 3 rings (SSSR count). The molecule has 0 saturated carbocycles. The van der Waals surface area contributed by atoms with Crippen LogP contribution in [-0.2, 0) is 11.3 Å². The second-order valence-corrected chi connectivity index (χ2v) is 5.45. The molecule has 0 aliphatic rings. The van der Waals surface area contributed by atoms with E-state index in [4.69, 9.17) is 9.84 Å². The Morgan fingerprint density at radius 2 is 2.19 bits per heavy atom. The van der Waals surface area contributed by atoms with E-state index in [1.165, 1.54) is 11.3 Å². The number of aryl methyl sites for hydroxylation is 1. The topological polar surface area (TPSA) is 64.4 Å². The molecule has 0 bridgehead atoms. The van der Waals surface area contributed by atoms with Gasteiger partial charge in [-0.2, -0.15) is 0 Å². The van der Waals surface area contributed by atoms with Gasteiger partial charge in [-0.25, -0.2) is 4.98 Å². The number of carboxylic acids is 1. The van der Waals surface area contributed by atoms with Crippen molar-refractivity contribution in [2.45, 2.75) is 13.0 Å². The molecule has 21 heavy (non-hydrogen) atoms. The Hall–Kier alpha value is -2.34. The zero-order chi connectivity index (χ0) is 14.8. The summed E-state index contributed by atoms with van der Waals surface area (Å²) in [5.41, 5.74) is 1.79. The molecule has 0 aliphatic carbocycles. The molecule has 108 valence electrons. The van der Waals surface area contributed by atoms with Gasteiger partial charge in [0.2, 0.25) is 0 Å². The third kappa shape index (κ3) is 2.50. The number of aliphatic carboxylic acids is 1. The second kappa shape index (κ2) is 5.57. The fourth-order valence-electron chi connectivity index (χ4n) is 2.30. The molecule has 5 nitrogen and oxygen atoms in total. The molecule has 2 aromatic heterocycles. The van der Waals surface area contributed by atoms with Crippen LogP contribution in [0, 0.1) is 0 Å². The fraction of sp³-hybridized carbons (Fsp3) is 0.200. The molecule has 1 N–H and O–H groups in total. The SMILES string of the molecule is COc1ccsc1-c1nc2ccccc2n1CCC(=O)O. The van der Waals surface area contributed by atoms with Crippen LogP contribution in [0.3, 0.4) is 0 Å². The standard InChI is InChI=1S/C15H14N2O3S/c1-20-12-7-9-21-14(12)15-16-10-4-2-3-5-11(10)17(15)8-6-13(18)19/h2-5,7,9H,6,8H2,1H3,(H,18,19). The van der Waals surface area contributed by atoms with Gasteiger partial charge in [0.05, 0.1) is 24.6 Å². The summed E-state index contributed by atoms with van der Waals surface area (Å²) in [7, 11) is 1.62. The van der Waals surface area contributed by atoms with Crippen LogP contribution in [0.1, 0.15) is 6.42 Å². The summed E-state index contributed by atoms with van der Waals surface area (Å²) in [6, 6.07) is 9.62. The van der Waals surface area contributed by atoms with Crippen LogP contribution in [-0.4, -0.2) is 27.7 Å². The first-order valence-electron chi connectivity index (χ1n) is 6.49. The van der Waals surface area contributed by atoms with Gasteiger partial charge in [0.25, 0.3) is 0 Å². The van der Waals surface area contributed by atoms with E-state index in [0.29, 0.717) is 6.54 Å². The summed E-state index contributed by atoms with van der Waals surface area (Å²) in [6.07, 6.45) is 0.0566. The molecule has 3 aromatic rings. The Labute approximate surface area is 125 Å². The lowest BCUT2D eigenvalue weighted by Crippen LogP contribution is -2.06. The van der Waals surface area contributed by atoms with E-state index < -0.39 is 5.97 Å². The number of rotatable bonds is 5. The molecule has 0 fully saturated rings. The summed E-state index contributed by atoms with van der Waals surface area (Å²) >= 11 is 1.54. The maximum atomic E-state index is 10.9. The predicted molar refractivity (Wildman–Crippen MR) is 81.9 cm³/mol. The molecule has 6 heteroatoms. The molecule has 0 spiro atoms.